The highest BCUT2D eigenvalue weighted by atomic mass is 19.3. The van der Waals surface area contributed by atoms with Gasteiger partial charge in [-0.15, -0.1) is 0 Å². The number of carbonyl (C=O) groups excluding carboxylic acids is 1. The van der Waals surface area contributed by atoms with Crippen molar-refractivity contribution in [3.8, 4) is 0 Å². The van der Waals surface area contributed by atoms with Crippen molar-refractivity contribution in [2.24, 2.45) is 5.92 Å². The van der Waals surface area contributed by atoms with E-state index < -0.39 is 17.7 Å². The fourth-order valence-corrected chi connectivity index (χ4v) is 0.883. The second kappa shape index (κ2) is 2.43. The summed E-state index contributed by atoms with van der Waals surface area (Å²) in [7, 11) is 0. The first kappa shape index (κ1) is 8.43. The highest BCUT2D eigenvalue weighted by Crippen LogP contribution is 2.48. The Morgan fingerprint density at radius 3 is 2.45 bits per heavy atom. The summed E-state index contributed by atoms with van der Waals surface area (Å²) in [5.41, 5.74) is 0. The van der Waals surface area contributed by atoms with Gasteiger partial charge in [-0.05, 0) is 13.8 Å². The van der Waals surface area contributed by atoms with E-state index in [0.717, 1.165) is 0 Å². The average Bonchev–Trinajstić information content (AvgIpc) is 2.38. The van der Waals surface area contributed by atoms with E-state index in [1.165, 1.54) is 0 Å². The SMILES string of the molecule is CC(C)NC(=O)C1CC1(F)F.[HH]. The van der Waals surface area contributed by atoms with Gasteiger partial charge in [-0.1, -0.05) is 0 Å². The third-order valence-corrected chi connectivity index (χ3v) is 1.57. The largest absolute Gasteiger partial charge is 0.353 e. The minimum Gasteiger partial charge on any atom is -0.353 e. The van der Waals surface area contributed by atoms with Crippen LogP contribution in [0.5, 0.6) is 0 Å². The fourth-order valence-electron chi connectivity index (χ4n) is 0.883. The highest BCUT2D eigenvalue weighted by Gasteiger charge is 2.61. The van der Waals surface area contributed by atoms with E-state index in [0.29, 0.717) is 0 Å². The van der Waals surface area contributed by atoms with Crippen LogP contribution in [0.2, 0.25) is 0 Å². The van der Waals surface area contributed by atoms with E-state index in [9.17, 15) is 13.6 Å². The number of alkyl halides is 2. The van der Waals surface area contributed by atoms with Crippen LogP contribution in [0, 0.1) is 5.92 Å². The number of hydrogen-bond donors (Lipinski definition) is 1. The van der Waals surface area contributed by atoms with Gasteiger partial charge in [0.1, 0.15) is 5.92 Å². The van der Waals surface area contributed by atoms with E-state index >= 15 is 0 Å². The lowest BCUT2D eigenvalue weighted by atomic mass is 10.3. The molecular formula is C7H13F2NO. The zero-order valence-electron chi connectivity index (χ0n) is 6.53. The second-order valence-electron chi connectivity index (χ2n) is 3.18. The van der Waals surface area contributed by atoms with E-state index in [1.54, 1.807) is 13.8 Å². The van der Waals surface area contributed by atoms with Crippen molar-refractivity contribution in [2.75, 3.05) is 0 Å². The summed E-state index contributed by atoms with van der Waals surface area (Å²) in [4.78, 5) is 10.8. The van der Waals surface area contributed by atoms with Crippen LogP contribution in [0.25, 0.3) is 0 Å². The number of rotatable bonds is 2. The molecule has 1 saturated carbocycles. The highest BCUT2D eigenvalue weighted by molar-refractivity contribution is 5.82. The van der Waals surface area contributed by atoms with Crippen molar-refractivity contribution in [3.05, 3.63) is 0 Å². The van der Waals surface area contributed by atoms with Gasteiger partial charge < -0.3 is 5.32 Å². The molecule has 0 bridgehead atoms. The van der Waals surface area contributed by atoms with Gasteiger partial charge in [-0.25, -0.2) is 8.78 Å². The molecule has 0 aromatic heterocycles. The molecule has 0 aromatic rings. The third kappa shape index (κ3) is 1.88. The normalized spacial score (nSPS) is 26.8. The molecule has 1 atom stereocenters. The lowest BCUT2D eigenvalue weighted by Crippen LogP contribution is -2.32. The summed E-state index contributed by atoms with van der Waals surface area (Å²) in [6.45, 7) is 3.50. The van der Waals surface area contributed by atoms with Gasteiger partial charge in [0.05, 0.1) is 0 Å². The third-order valence-electron chi connectivity index (χ3n) is 1.57. The topological polar surface area (TPSA) is 29.1 Å². The van der Waals surface area contributed by atoms with Crippen LogP contribution in [0.3, 0.4) is 0 Å². The Balaban J connectivity index is 0.00000121. The monoisotopic (exact) mass is 165 g/mol. The molecule has 0 heterocycles. The molecule has 0 saturated heterocycles. The number of amides is 1. The van der Waals surface area contributed by atoms with Crippen LogP contribution in [-0.2, 0) is 4.79 Å². The number of hydrogen-bond acceptors (Lipinski definition) is 1. The molecule has 0 radical (unpaired) electrons. The number of carbonyl (C=O) groups is 1. The zero-order valence-corrected chi connectivity index (χ0v) is 6.53. The molecule has 4 heteroatoms. The van der Waals surface area contributed by atoms with Crippen LogP contribution in [0.15, 0.2) is 0 Å². The van der Waals surface area contributed by atoms with Crippen LogP contribution < -0.4 is 5.32 Å². The Labute approximate surface area is 65.5 Å². The maximum absolute atomic E-state index is 12.2. The molecule has 2 nitrogen and oxygen atoms in total. The fraction of sp³-hybridized carbons (Fsp3) is 0.857. The second-order valence-corrected chi connectivity index (χ2v) is 3.18. The molecule has 11 heavy (non-hydrogen) atoms. The zero-order chi connectivity index (χ0) is 8.65. The smallest absolute Gasteiger partial charge is 0.260 e. The lowest BCUT2D eigenvalue weighted by Gasteiger charge is -2.06. The Bertz CT molecular complexity index is 184. The molecule has 1 fully saturated rings. The van der Waals surface area contributed by atoms with Crippen LogP contribution in [-0.4, -0.2) is 17.9 Å². The summed E-state index contributed by atoms with van der Waals surface area (Å²) < 4.78 is 24.5. The lowest BCUT2D eigenvalue weighted by molar-refractivity contribution is -0.124. The summed E-state index contributed by atoms with van der Waals surface area (Å²) in [6.07, 6.45) is -0.286. The molecule has 0 spiro atoms. The first-order chi connectivity index (χ1) is 4.93. The summed E-state index contributed by atoms with van der Waals surface area (Å²) in [5, 5.41) is 2.44. The van der Waals surface area contributed by atoms with Crippen molar-refractivity contribution in [1.82, 2.24) is 5.32 Å². The van der Waals surface area contributed by atoms with E-state index in [-0.39, 0.29) is 13.9 Å². The van der Waals surface area contributed by atoms with Crippen molar-refractivity contribution in [3.63, 3.8) is 0 Å². The average molecular weight is 165 g/mol. The van der Waals surface area contributed by atoms with Crippen LogP contribution in [0.1, 0.15) is 21.7 Å². The summed E-state index contributed by atoms with van der Waals surface area (Å²) in [6, 6.07) is -0.0566. The quantitative estimate of drug-likeness (QED) is 0.658. The standard InChI is InChI=1S/C7H11F2NO.H2/c1-4(2)10-6(11)5-3-7(5,8)9;/h4-5H,3H2,1-2H3,(H,10,11);1H. The minimum atomic E-state index is -2.74. The summed E-state index contributed by atoms with van der Waals surface area (Å²) in [5.74, 6) is -4.33. The first-order valence-electron chi connectivity index (χ1n) is 3.61. The number of nitrogens with one attached hydrogen (secondary N) is 1. The Hall–Kier alpha value is -0.670. The Morgan fingerprint density at radius 2 is 2.18 bits per heavy atom. The van der Waals surface area contributed by atoms with Crippen molar-refractivity contribution < 1.29 is 15.0 Å². The van der Waals surface area contributed by atoms with Gasteiger partial charge >= 0.3 is 0 Å². The molecule has 0 aliphatic heterocycles. The van der Waals surface area contributed by atoms with E-state index in [4.69, 9.17) is 0 Å². The van der Waals surface area contributed by atoms with E-state index in [2.05, 4.69) is 5.32 Å². The van der Waals surface area contributed by atoms with Crippen LogP contribution in [0.4, 0.5) is 8.78 Å². The first-order valence-corrected chi connectivity index (χ1v) is 3.61. The predicted octanol–water partition coefficient (Wildman–Crippen LogP) is 1.41. The maximum Gasteiger partial charge on any atom is 0.260 e. The molecule has 1 unspecified atom stereocenters. The molecule has 0 aromatic carbocycles. The molecular weight excluding hydrogens is 152 g/mol. The van der Waals surface area contributed by atoms with Gasteiger partial charge in [0.2, 0.25) is 5.91 Å². The summed E-state index contributed by atoms with van der Waals surface area (Å²) >= 11 is 0. The molecule has 1 aliphatic rings. The molecule has 1 rings (SSSR count). The van der Waals surface area contributed by atoms with Crippen LogP contribution >= 0.6 is 0 Å². The van der Waals surface area contributed by atoms with E-state index in [1.807, 2.05) is 0 Å². The van der Waals surface area contributed by atoms with Crippen molar-refractivity contribution in [2.45, 2.75) is 32.2 Å². The van der Waals surface area contributed by atoms with Gasteiger partial charge in [-0.2, -0.15) is 0 Å². The molecule has 66 valence electrons. The Kier molecular flexibility index (Phi) is 1.86. The molecule has 1 N–H and O–H groups in total. The maximum atomic E-state index is 12.2. The Morgan fingerprint density at radius 1 is 1.73 bits per heavy atom. The van der Waals surface area contributed by atoms with Crippen molar-refractivity contribution in [1.29, 1.82) is 0 Å². The minimum absolute atomic E-state index is 0. The van der Waals surface area contributed by atoms with Gasteiger partial charge in [0, 0.05) is 13.9 Å². The van der Waals surface area contributed by atoms with Gasteiger partial charge in [0.25, 0.3) is 5.92 Å². The molecule has 1 aliphatic carbocycles. The molecule has 1 amide bonds. The number of halogens is 2. The predicted molar refractivity (Wildman–Crippen MR) is 38.4 cm³/mol. The van der Waals surface area contributed by atoms with Gasteiger partial charge in [0.15, 0.2) is 0 Å². The van der Waals surface area contributed by atoms with Gasteiger partial charge in [-0.3, -0.25) is 4.79 Å². The van der Waals surface area contributed by atoms with Crippen molar-refractivity contribution >= 4 is 5.91 Å².